The molecule has 0 spiro atoms. The molecular weight excluding hydrogens is 282 g/mol. The smallest absolute Gasteiger partial charge is 0.213 e. The molecule has 3 aromatic rings. The highest BCUT2D eigenvalue weighted by Gasteiger charge is 2.21. The molecule has 2 aromatic carbocycles. The average Bonchev–Trinajstić information content (AvgIpc) is 2.53. The highest BCUT2D eigenvalue weighted by atomic mass is 16.5. The first-order valence-electron chi connectivity index (χ1n) is 6.83. The van der Waals surface area contributed by atoms with Crippen molar-refractivity contribution in [2.75, 3.05) is 21.3 Å². The van der Waals surface area contributed by atoms with Gasteiger partial charge in [0, 0.05) is 16.8 Å². The van der Waals surface area contributed by atoms with Crippen LogP contribution in [0.4, 0.5) is 0 Å². The molecule has 0 saturated carbocycles. The van der Waals surface area contributed by atoms with Crippen molar-refractivity contribution in [3.05, 3.63) is 29.8 Å². The van der Waals surface area contributed by atoms with Crippen molar-refractivity contribution in [1.82, 2.24) is 4.98 Å². The minimum atomic E-state index is 0.122. The maximum absolute atomic E-state index is 10.3. The average molecular weight is 299 g/mol. The van der Waals surface area contributed by atoms with Gasteiger partial charge in [0.05, 0.1) is 26.7 Å². The van der Waals surface area contributed by atoms with Crippen molar-refractivity contribution in [3.8, 4) is 23.1 Å². The predicted molar refractivity (Wildman–Crippen MR) is 85.3 cm³/mol. The Morgan fingerprint density at radius 1 is 0.955 bits per heavy atom. The second-order valence-electron chi connectivity index (χ2n) is 4.97. The van der Waals surface area contributed by atoms with Gasteiger partial charge in [0.1, 0.15) is 17.0 Å². The molecule has 3 rings (SSSR count). The molecule has 0 amide bonds. The quantitative estimate of drug-likeness (QED) is 0.751. The Morgan fingerprint density at radius 2 is 1.68 bits per heavy atom. The van der Waals surface area contributed by atoms with Gasteiger partial charge in [-0.15, -0.1) is 0 Å². The van der Waals surface area contributed by atoms with Crippen LogP contribution in [0.25, 0.3) is 21.7 Å². The molecule has 5 heteroatoms. The lowest BCUT2D eigenvalue weighted by Gasteiger charge is -2.17. The van der Waals surface area contributed by atoms with Crippen LogP contribution in [0, 0.1) is 6.92 Å². The summed E-state index contributed by atoms with van der Waals surface area (Å²) in [4.78, 5) is 4.49. The maximum Gasteiger partial charge on any atom is 0.213 e. The summed E-state index contributed by atoms with van der Waals surface area (Å²) >= 11 is 0. The molecule has 1 aromatic heterocycles. The second-order valence-corrected chi connectivity index (χ2v) is 4.97. The number of methoxy groups -OCH3 is 3. The second kappa shape index (κ2) is 5.26. The fourth-order valence-corrected chi connectivity index (χ4v) is 2.83. The number of fused-ring (bicyclic) bond motifs is 2. The first-order chi connectivity index (χ1) is 10.6. The lowest BCUT2D eigenvalue weighted by Crippen LogP contribution is -1.98. The minimum Gasteiger partial charge on any atom is -0.507 e. The van der Waals surface area contributed by atoms with E-state index in [0.717, 1.165) is 16.3 Å². The number of hydrogen-bond donors (Lipinski definition) is 1. The Balaban J connectivity index is 2.65. The van der Waals surface area contributed by atoms with Gasteiger partial charge in [-0.3, -0.25) is 0 Å². The number of hydrogen-bond acceptors (Lipinski definition) is 5. The van der Waals surface area contributed by atoms with Crippen LogP contribution in [0.5, 0.6) is 23.1 Å². The van der Waals surface area contributed by atoms with E-state index in [9.17, 15) is 5.11 Å². The number of benzene rings is 2. The molecule has 0 saturated heterocycles. The van der Waals surface area contributed by atoms with E-state index in [0.29, 0.717) is 28.3 Å². The SMILES string of the molecule is COc1cc(C)c2c(OC)c3cccc(O)c3c(OC)c2n1. The van der Waals surface area contributed by atoms with Crippen LogP contribution in [0.15, 0.2) is 24.3 Å². The van der Waals surface area contributed by atoms with Crippen LogP contribution < -0.4 is 14.2 Å². The van der Waals surface area contributed by atoms with Gasteiger partial charge < -0.3 is 19.3 Å². The standard InChI is InChI=1S/C17H17NO4/c1-9-8-12(20-2)18-15-13(9)16(21-3)10-6-5-7-11(19)14(10)17(15)22-4/h5-8,19H,1-4H3. The van der Waals surface area contributed by atoms with Gasteiger partial charge >= 0.3 is 0 Å². The van der Waals surface area contributed by atoms with E-state index >= 15 is 0 Å². The monoisotopic (exact) mass is 299 g/mol. The predicted octanol–water partition coefficient (Wildman–Crippen LogP) is 3.43. The van der Waals surface area contributed by atoms with Crippen molar-refractivity contribution in [2.45, 2.75) is 6.92 Å². The number of rotatable bonds is 3. The number of pyridine rings is 1. The summed E-state index contributed by atoms with van der Waals surface area (Å²) in [7, 11) is 4.73. The third-order valence-electron chi connectivity index (χ3n) is 3.77. The van der Waals surface area contributed by atoms with Crippen LogP contribution in [0.3, 0.4) is 0 Å². The van der Waals surface area contributed by atoms with E-state index in [1.807, 2.05) is 19.1 Å². The zero-order valence-corrected chi connectivity index (χ0v) is 12.9. The first-order valence-corrected chi connectivity index (χ1v) is 6.83. The summed E-state index contributed by atoms with van der Waals surface area (Å²) in [6.45, 7) is 1.96. The summed E-state index contributed by atoms with van der Waals surface area (Å²) in [5.41, 5.74) is 1.56. The Kier molecular flexibility index (Phi) is 3.41. The number of aromatic nitrogens is 1. The van der Waals surface area contributed by atoms with Crippen LogP contribution in [-0.4, -0.2) is 31.4 Å². The van der Waals surface area contributed by atoms with Gasteiger partial charge in [0.25, 0.3) is 0 Å². The highest BCUT2D eigenvalue weighted by molar-refractivity contribution is 6.12. The molecule has 22 heavy (non-hydrogen) atoms. The zero-order chi connectivity index (χ0) is 15.9. The summed E-state index contributed by atoms with van der Waals surface area (Å²) in [5.74, 6) is 1.78. The molecule has 0 bridgehead atoms. The van der Waals surface area contributed by atoms with Crippen molar-refractivity contribution in [1.29, 1.82) is 0 Å². The molecule has 0 unspecified atom stereocenters. The molecule has 5 nitrogen and oxygen atoms in total. The number of ether oxygens (including phenoxy) is 3. The van der Waals surface area contributed by atoms with Crippen molar-refractivity contribution < 1.29 is 19.3 Å². The largest absolute Gasteiger partial charge is 0.507 e. The lowest BCUT2D eigenvalue weighted by atomic mass is 10.00. The number of phenols is 1. The van der Waals surface area contributed by atoms with E-state index in [1.165, 1.54) is 0 Å². The van der Waals surface area contributed by atoms with Crippen LogP contribution >= 0.6 is 0 Å². The third-order valence-corrected chi connectivity index (χ3v) is 3.77. The van der Waals surface area contributed by atoms with Gasteiger partial charge in [-0.05, 0) is 18.6 Å². The van der Waals surface area contributed by atoms with Gasteiger partial charge in [0.15, 0.2) is 5.75 Å². The summed E-state index contributed by atoms with van der Waals surface area (Å²) in [6.07, 6.45) is 0. The fraction of sp³-hybridized carbons (Fsp3) is 0.235. The lowest BCUT2D eigenvalue weighted by molar-refractivity contribution is 0.395. The molecule has 0 atom stereocenters. The normalized spacial score (nSPS) is 10.9. The topological polar surface area (TPSA) is 60.8 Å². The molecule has 1 N–H and O–H groups in total. The van der Waals surface area contributed by atoms with E-state index in [4.69, 9.17) is 14.2 Å². The third kappa shape index (κ3) is 1.89. The molecule has 0 fully saturated rings. The van der Waals surface area contributed by atoms with Crippen LogP contribution in [0.1, 0.15) is 5.56 Å². The van der Waals surface area contributed by atoms with E-state index in [-0.39, 0.29) is 5.75 Å². The van der Waals surface area contributed by atoms with E-state index in [2.05, 4.69) is 4.98 Å². The molecule has 1 heterocycles. The fourth-order valence-electron chi connectivity index (χ4n) is 2.83. The molecular formula is C17H17NO4. The van der Waals surface area contributed by atoms with Crippen molar-refractivity contribution in [2.24, 2.45) is 0 Å². The summed E-state index contributed by atoms with van der Waals surface area (Å²) < 4.78 is 16.4. The first kappa shape index (κ1) is 14.3. The van der Waals surface area contributed by atoms with Gasteiger partial charge in [-0.2, -0.15) is 0 Å². The number of nitrogens with zero attached hydrogens (tertiary/aromatic N) is 1. The zero-order valence-electron chi connectivity index (χ0n) is 12.9. The Bertz CT molecular complexity index is 874. The Hall–Kier alpha value is -2.69. The Morgan fingerprint density at radius 3 is 2.32 bits per heavy atom. The van der Waals surface area contributed by atoms with Gasteiger partial charge in [-0.1, -0.05) is 12.1 Å². The molecule has 0 radical (unpaired) electrons. The van der Waals surface area contributed by atoms with Crippen molar-refractivity contribution in [3.63, 3.8) is 0 Å². The van der Waals surface area contributed by atoms with Gasteiger partial charge in [-0.25, -0.2) is 4.98 Å². The molecule has 0 aliphatic heterocycles. The summed E-state index contributed by atoms with van der Waals surface area (Å²) in [5, 5.41) is 12.5. The van der Waals surface area contributed by atoms with E-state index in [1.54, 1.807) is 33.5 Å². The van der Waals surface area contributed by atoms with E-state index < -0.39 is 0 Å². The Labute approximate surface area is 128 Å². The van der Waals surface area contributed by atoms with Crippen molar-refractivity contribution >= 4 is 21.7 Å². The highest BCUT2D eigenvalue weighted by Crippen LogP contribution is 2.46. The number of phenolic OH excluding ortho intramolecular Hbond substituents is 1. The minimum absolute atomic E-state index is 0.122. The van der Waals surface area contributed by atoms with Crippen LogP contribution in [-0.2, 0) is 0 Å². The van der Waals surface area contributed by atoms with Crippen LogP contribution in [0.2, 0.25) is 0 Å². The molecule has 0 aliphatic rings. The molecule has 0 aliphatic carbocycles. The van der Waals surface area contributed by atoms with Gasteiger partial charge in [0.2, 0.25) is 5.88 Å². The summed E-state index contributed by atoms with van der Waals surface area (Å²) in [6, 6.07) is 7.12. The maximum atomic E-state index is 10.3. The molecule has 114 valence electrons. The number of aryl methyl sites for hydroxylation is 1. The number of aromatic hydroxyl groups is 1.